The average Bonchev–Trinajstić information content (AvgIpc) is 3.33. The fraction of sp³-hybridized carbons (Fsp3) is 0.385. The van der Waals surface area contributed by atoms with E-state index >= 15 is 0 Å². The first-order chi connectivity index (χ1) is 14.9. The van der Waals surface area contributed by atoms with Crippen LogP contribution in [0.5, 0.6) is 0 Å². The summed E-state index contributed by atoms with van der Waals surface area (Å²) in [4.78, 5) is 15.1. The number of nitrogens with one attached hydrogen (secondary N) is 2. The third-order valence-corrected chi connectivity index (χ3v) is 6.88. The largest absolute Gasteiger partial charge is 0.394 e. The highest BCUT2D eigenvalue weighted by molar-refractivity contribution is 6.06. The Bertz CT molecular complexity index is 1040. The van der Waals surface area contributed by atoms with Gasteiger partial charge in [0.15, 0.2) is 0 Å². The number of carbonyl (C=O) groups excluding carboxylic acids is 1. The maximum absolute atomic E-state index is 13.2. The number of fused-ring (bicyclic) bond motifs is 1. The minimum Gasteiger partial charge on any atom is -0.394 e. The van der Waals surface area contributed by atoms with Crippen LogP contribution in [0.25, 0.3) is 0 Å². The molecule has 0 saturated heterocycles. The van der Waals surface area contributed by atoms with Crippen LogP contribution >= 0.6 is 0 Å². The third kappa shape index (κ3) is 4.02. The molecule has 1 aliphatic heterocycles. The second kappa shape index (κ2) is 8.67. The number of carbonyl (C=O) groups is 1. The lowest BCUT2D eigenvalue weighted by Crippen LogP contribution is -2.40. The molecule has 2 atom stereocenters. The number of benzene rings is 2. The van der Waals surface area contributed by atoms with E-state index in [0.717, 1.165) is 53.5 Å². The number of nitrogens with zero attached hydrogens (tertiary/aromatic N) is 1. The zero-order valence-corrected chi connectivity index (χ0v) is 18.5. The molecule has 1 fully saturated rings. The van der Waals surface area contributed by atoms with E-state index in [4.69, 9.17) is 5.41 Å². The predicted molar refractivity (Wildman–Crippen MR) is 124 cm³/mol. The van der Waals surface area contributed by atoms with Crippen LogP contribution in [0.15, 0.2) is 42.6 Å². The van der Waals surface area contributed by atoms with Crippen molar-refractivity contribution < 1.29 is 9.90 Å². The molecule has 1 saturated carbocycles. The highest BCUT2D eigenvalue weighted by Gasteiger charge is 2.39. The van der Waals surface area contributed by atoms with Crippen LogP contribution in [0.3, 0.4) is 0 Å². The maximum Gasteiger partial charge on any atom is 0.254 e. The van der Waals surface area contributed by atoms with Gasteiger partial charge in [0.1, 0.15) is 0 Å². The topological polar surface area (TPSA) is 76.4 Å². The van der Waals surface area contributed by atoms with Crippen molar-refractivity contribution in [1.82, 2.24) is 10.2 Å². The Hall–Kier alpha value is -2.92. The minimum absolute atomic E-state index is 0.0529. The molecular formula is C26H31N3O2. The summed E-state index contributed by atoms with van der Waals surface area (Å²) in [6, 6.07) is 10.1. The molecule has 0 spiro atoms. The fourth-order valence-corrected chi connectivity index (χ4v) is 4.85. The molecule has 2 aliphatic rings. The number of amides is 1. The van der Waals surface area contributed by atoms with Crippen LogP contribution in [0.4, 0.5) is 0 Å². The highest BCUT2D eigenvalue weighted by Crippen LogP contribution is 2.35. The molecule has 2 aromatic carbocycles. The summed E-state index contributed by atoms with van der Waals surface area (Å²) in [6.45, 7) is 4.85. The number of hydrogen-bond donors (Lipinski definition) is 3. The van der Waals surface area contributed by atoms with Crippen LogP contribution in [0.1, 0.15) is 63.0 Å². The number of allylic oxidation sites excluding steroid dienone is 1. The van der Waals surface area contributed by atoms with Gasteiger partial charge in [0.2, 0.25) is 0 Å². The van der Waals surface area contributed by atoms with Crippen molar-refractivity contribution in [2.45, 2.75) is 58.2 Å². The molecule has 0 bridgehead atoms. The second-order valence-electron chi connectivity index (χ2n) is 8.72. The predicted octanol–water partition coefficient (Wildman–Crippen LogP) is 3.86. The van der Waals surface area contributed by atoms with Crippen LogP contribution < -0.4 is 5.32 Å². The van der Waals surface area contributed by atoms with Gasteiger partial charge in [-0.05, 0) is 91.3 Å². The SMILES string of the molecule is CN/C=C\C(=N)c1ccc(Cc2cc3c(c(C)c2C)CN([C@H]2CCC[C@@H]2O)C3=O)cc1. The van der Waals surface area contributed by atoms with E-state index < -0.39 is 6.10 Å². The molecule has 4 rings (SSSR count). The fourth-order valence-electron chi connectivity index (χ4n) is 4.85. The van der Waals surface area contributed by atoms with Crippen molar-refractivity contribution in [2.24, 2.45) is 0 Å². The summed E-state index contributed by atoms with van der Waals surface area (Å²) < 4.78 is 0. The Balaban J connectivity index is 1.57. The van der Waals surface area contributed by atoms with Crippen molar-refractivity contribution in [2.75, 3.05) is 7.05 Å². The Morgan fingerprint density at radius 3 is 2.61 bits per heavy atom. The molecule has 2 aromatic rings. The first-order valence-corrected chi connectivity index (χ1v) is 11.0. The second-order valence-corrected chi connectivity index (χ2v) is 8.72. The number of aliphatic hydroxyl groups excluding tert-OH is 1. The molecule has 0 radical (unpaired) electrons. The van der Waals surface area contributed by atoms with Gasteiger partial charge in [0.05, 0.1) is 17.9 Å². The molecule has 1 amide bonds. The van der Waals surface area contributed by atoms with Gasteiger partial charge in [-0.25, -0.2) is 0 Å². The maximum atomic E-state index is 13.2. The molecular weight excluding hydrogens is 386 g/mol. The van der Waals surface area contributed by atoms with Gasteiger partial charge in [-0.15, -0.1) is 0 Å². The smallest absolute Gasteiger partial charge is 0.254 e. The third-order valence-electron chi connectivity index (χ3n) is 6.88. The molecule has 1 aliphatic carbocycles. The van der Waals surface area contributed by atoms with E-state index in [9.17, 15) is 9.90 Å². The van der Waals surface area contributed by atoms with Crippen LogP contribution in [-0.2, 0) is 13.0 Å². The molecule has 0 aromatic heterocycles. The summed E-state index contributed by atoms with van der Waals surface area (Å²) in [5.74, 6) is 0.0606. The average molecular weight is 418 g/mol. The van der Waals surface area contributed by atoms with E-state index in [0.29, 0.717) is 12.3 Å². The van der Waals surface area contributed by atoms with E-state index in [1.807, 2.05) is 24.1 Å². The Morgan fingerprint density at radius 2 is 1.97 bits per heavy atom. The van der Waals surface area contributed by atoms with E-state index in [1.165, 1.54) is 11.1 Å². The highest BCUT2D eigenvalue weighted by atomic mass is 16.3. The number of rotatable bonds is 6. The normalized spacial score (nSPS) is 20.5. The van der Waals surface area contributed by atoms with Gasteiger partial charge in [-0.2, -0.15) is 0 Å². The van der Waals surface area contributed by atoms with E-state index in [-0.39, 0.29) is 11.9 Å². The van der Waals surface area contributed by atoms with Crippen molar-refractivity contribution in [3.63, 3.8) is 0 Å². The zero-order valence-electron chi connectivity index (χ0n) is 18.5. The Kier molecular flexibility index (Phi) is 5.96. The van der Waals surface area contributed by atoms with Gasteiger partial charge in [-0.1, -0.05) is 24.3 Å². The summed E-state index contributed by atoms with van der Waals surface area (Å²) in [6.07, 6.45) is 6.48. The van der Waals surface area contributed by atoms with E-state index in [1.54, 1.807) is 12.3 Å². The molecule has 31 heavy (non-hydrogen) atoms. The monoisotopic (exact) mass is 417 g/mol. The van der Waals surface area contributed by atoms with Crippen LogP contribution in [-0.4, -0.2) is 40.8 Å². The Morgan fingerprint density at radius 1 is 1.23 bits per heavy atom. The number of aliphatic hydroxyl groups is 1. The molecule has 5 nitrogen and oxygen atoms in total. The first-order valence-electron chi connectivity index (χ1n) is 11.0. The molecule has 0 unspecified atom stereocenters. The van der Waals surface area contributed by atoms with Gasteiger partial charge in [-0.3, -0.25) is 4.79 Å². The lowest BCUT2D eigenvalue weighted by Gasteiger charge is -2.26. The summed E-state index contributed by atoms with van der Waals surface area (Å²) in [7, 11) is 1.81. The van der Waals surface area contributed by atoms with Crippen LogP contribution in [0.2, 0.25) is 0 Å². The molecule has 5 heteroatoms. The van der Waals surface area contributed by atoms with Crippen LogP contribution in [0, 0.1) is 19.3 Å². The molecule has 1 heterocycles. The lowest BCUT2D eigenvalue weighted by molar-refractivity contribution is 0.0479. The van der Waals surface area contributed by atoms with Gasteiger partial charge >= 0.3 is 0 Å². The standard InChI is InChI=1S/C26H31N3O2/c1-16-17(2)22-15-29(24-5-4-6-25(24)30)26(31)21(22)14-20(16)13-18-7-9-19(10-8-18)23(27)11-12-28-3/h7-12,14,24-25,27-28,30H,4-6,13,15H2,1-3H3/b12-11-,27-23?/t24-,25-/m0/s1. The minimum atomic E-state index is -0.403. The lowest BCUT2D eigenvalue weighted by atomic mass is 9.91. The number of hydrogen-bond acceptors (Lipinski definition) is 4. The Labute approximate surface area is 184 Å². The van der Waals surface area contributed by atoms with Crippen molar-refractivity contribution >= 4 is 11.6 Å². The van der Waals surface area contributed by atoms with Crippen molar-refractivity contribution in [3.05, 3.63) is 81.6 Å². The van der Waals surface area contributed by atoms with Gasteiger partial charge in [0.25, 0.3) is 5.91 Å². The molecule has 162 valence electrons. The van der Waals surface area contributed by atoms with E-state index in [2.05, 4.69) is 37.4 Å². The zero-order chi connectivity index (χ0) is 22.1. The quantitative estimate of drug-likeness (QED) is 0.625. The van der Waals surface area contributed by atoms with Crippen molar-refractivity contribution in [3.8, 4) is 0 Å². The van der Waals surface area contributed by atoms with Crippen molar-refractivity contribution in [1.29, 1.82) is 5.41 Å². The van der Waals surface area contributed by atoms with Gasteiger partial charge < -0.3 is 20.7 Å². The molecule has 3 N–H and O–H groups in total. The summed E-state index contributed by atoms with van der Waals surface area (Å²) >= 11 is 0. The van der Waals surface area contributed by atoms with Gasteiger partial charge in [0, 0.05) is 19.2 Å². The summed E-state index contributed by atoms with van der Waals surface area (Å²) in [5, 5.41) is 21.3. The first kappa shape index (κ1) is 21.3. The summed E-state index contributed by atoms with van der Waals surface area (Å²) in [5.41, 5.74) is 7.99.